The van der Waals surface area contributed by atoms with Gasteiger partial charge in [0.25, 0.3) is 0 Å². The van der Waals surface area contributed by atoms with Crippen LogP contribution in [0.25, 0.3) is 0 Å². The van der Waals surface area contributed by atoms with Crippen molar-refractivity contribution in [1.29, 1.82) is 0 Å². The molecule has 0 saturated carbocycles. The highest BCUT2D eigenvalue weighted by molar-refractivity contribution is 6.17. The fraction of sp³-hybridized carbons (Fsp3) is 1.00. The zero-order valence-electron chi connectivity index (χ0n) is 10.2. The molecular weight excluding hydrogens is 111 g/mol. The van der Waals surface area contributed by atoms with Crippen LogP contribution in [0.1, 0.15) is 8.22 Å². The molecule has 0 aliphatic carbocycles. The van der Waals surface area contributed by atoms with E-state index in [2.05, 4.69) is 0 Å². The molecule has 0 atom stereocenters. The van der Waals surface area contributed by atoms with E-state index in [1.807, 2.05) is 0 Å². The second-order valence-electron chi connectivity index (χ2n) is 1.60. The molecule has 0 aromatic carbocycles. The second kappa shape index (κ2) is 2.53. The van der Waals surface area contributed by atoms with Crippen molar-refractivity contribution >= 4 is 11.6 Å². The van der Waals surface area contributed by atoms with Crippen LogP contribution in [0.2, 0.25) is 0 Å². The number of halogens is 1. The van der Waals surface area contributed by atoms with Crippen molar-refractivity contribution in [2.24, 2.45) is 0 Å². The van der Waals surface area contributed by atoms with Gasteiger partial charge in [0.1, 0.15) is 0 Å². The minimum Gasteiger partial charge on any atom is -0.330 e. The summed E-state index contributed by atoms with van der Waals surface area (Å²) >= 11 is 5.38. The highest BCUT2D eigenvalue weighted by Crippen LogP contribution is 1.88. The van der Waals surface area contributed by atoms with Crippen LogP contribution in [-0.2, 0) is 0 Å². The highest BCUT2D eigenvalue weighted by Gasteiger charge is 2.02. The second-order valence-corrected chi connectivity index (χ2v) is 1.98. The predicted octanol–water partition coefficient (Wildman–Crippen LogP) is 0.931. The number of hydrogen-bond donors (Lipinski definition) is 0. The monoisotopic (exact) mass is 130 g/mol. The van der Waals surface area contributed by atoms with Crippen LogP contribution in [0, 0.1) is 0 Å². The molecule has 0 aromatic heterocycles. The van der Waals surface area contributed by atoms with Gasteiger partial charge >= 0.3 is 0 Å². The molecule has 0 saturated heterocycles. The highest BCUT2D eigenvalue weighted by atomic mass is 35.5. The summed E-state index contributed by atoms with van der Waals surface area (Å²) in [6, 6.07) is 0. The number of alkyl halides is 1. The van der Waals surface area contributed by atoms with Gasteiger partial charge < -0.3 is 4.48 Å². The molecule has 2 heteroatoms. The standard InChI is InChI=1S/C5H13ClN/c1-7(2,3)5-4-6/h4-5H2,1-3H3/q+1/i1+1D3,2+1D3. The number of quaternary nitrogens is 1. The molecule has 44 valence electrons. The van der Waals surface area contributed by atoms with Gasteiger partial charge in [-0.25, -0.2) is 0 Å². The summed E-state index contributed by atoms with van der Waals surface area (Å²) in [5.41, 5.74) is 0. The summed E-state index contributed by atoms with van der Waals surface area (Å²) in [5, 5.41) is 0. The lowest BCUT2D eigenvalue weighted by Crippen LogP contribution is -2.35. The molecule has 0 aromatic rings. The summed E-state index contributed by atoms with van der Waals surface area (Å²) in [6.07, 6.45) is 0. The van der Waals surface area contributed by atoms with E-state index in [-0.39, 0.29) is 12.4 Å². The van der Waals surface area contributed by atoms with Crippen molar-refractivity contribution < 1.29 is 12.7 Å². The average molecular weight is 131 g/mol. The first kappa shape index (κ1) is 1.89. The number of rotatable bonds is 2. The molecule has 0 spiro atoms. The minimum atomic E-state index is -2.57. The Balaban J connectivity index is 4.96. The lowest BCUT2D eigenvalue weighted by molar-refractivity contribution is -0.867. The molecule has 0 heterocycles. The van der Waals surface area contributed by atoms with Gasteiger partial charge in [-0.2, -0.15) is 0 Å². The molecule has 0 aliphatic heterocycles. The number of hydrogen-bond acceptors (Lipinski definition) is 0. The lowest BCUT2D eigenvalue weighted by Gasteiger charge is -2.21. The summed E-state index contributed by atoms with van der Waals surface area (Å²) < 4.78 is 41.8. The summed E-state index contributed by atoms with van der Waals surface area (Å²) in [7, 11) is 1.17. The molecule has 0 N–H and O–H groups in total. The topological polar surface area (TPSA) is 0 Å². The third-order valence-electron chi connectivity index (χ3n) is 0.532. The third-order valence-corrected chi connectivity index (χ3v) is 0.701. The molecule has 0 bridgehead atoms. The molecule has 0 amide bonds. The van der Waals surface area contributed by atoms with E-state index < -0.39 is 18.4 Å². The first-order chi connectivity index (χ1) is 5.56. The van der Waals surface area contributed by atoms with Crippen LogP contribution in [0.4, 0.5) is 0 Å². The smallest absolute Gasteiger partial charge is 0.0918 e. The zero-order valence-corrected chi connectivity index (χ0v) is 5.00. The van der Waals surface area contributed by atoms with E-state index in [1.165, 1.54) is 7.05 Å². The van der Waals surface area contributed by atoms with Gasteiger partial charge in [-0.15, -0.1) is 11.6 Å². The van der Waals surface area contributed by atoms with Crippen molar-refractivity contribution in [2.45, 2.75) is 0 Å². The summed E-state index contributed by atoms with van der Waals surface area (Å²) in [4.78, 5) is 0. The van der Waals surface area contributed by atoms with Gasteiger partial charge in [-0.05, 0) is 0 Å². The number of nitrogens with zero attached hydrogens (tertiary/aromatic N) is 1. The third kappa shape index (κ3) is 6.25. The Kier molecular flexibility index (Phi) is 0.682. The van der Waals surface area contributed by atoms with Crippen LogP contribution in [0.15, 0.2) is 0 Å². The largest absolute Gasteiger partial charge is 0.330 e. The molecule has 0 unspecified atom stereocenters. The Morgan fingerprint density at radius 1 is 1.71 bits per heavy atom. The maximum atomic E-state index is 7.13. The van der Waals surface area contributed by atoms with Crippen LogP contribution >= 0.6 is 11.6 Å². The quantitative estimate of drug-likeness (QED) is 0.297. The van der Waals surface area contributed by atoms with E-state index in [4.69, 9.17) is 19.8 Å². The van der Waals surface area contributed by atoms with E-state index >= 15 is 0 Å². The maximum Gasteiger partial charge on any atom is 0.0918 e. The van der Waals surface area contributed by atoms with Crippen molar-refractivity contribution in [3.8, 4) is 0 Å². The fourth-order valence-electron chi connectivity index (χ4n) is 0.169. The van der Waals surface area contributed by atoms with Crippen LogP contribution in [0.3, 0.4) is 0 Å². The zero-order chi connectivity index (χ0) is 10.9. The molecular formula is C5H13ClN+. The van der Waals surface area contributed by atoms with E-state index in [1.54, 1.807) is 0 Å². The SMILES string of the molecule is [2H][13C]([2H])([2H])[N+](C)(CCCl)[13C]([2H])([2H])[2H]. The minimum absolute atomic E-state index is 0.00722. The molecule has 7 heavy (non-hydrogen) atoms. The molecule has 0 fully saturated rings. The van der Waals surface area contributed by atoms with E-state index in [0.717, 1.165) is 0 Å². The Morgan fingerprint density at radius 2 is 2.29 bits per heavy atom. The van der Waals surface area contributed by atoms with Crippen LogP contribution in [0.5, 0.6) is 0 Å². The maximum absolute atomic E-state index is 7.13. The Labute approximate surface area is 58.9 Å². The van der Waals surface area contributed by atoms with Gasteiger partial charge in [0.15, 0.2) is 0 Å². The van der Waals surface area contributed by atoms with Gasteiger partial charge in [-0.1, -0.05) is 0 Å². The van der Waals surface area contributed by atoms with Gasteiger partial charge in [0, 0.05) is 0 Å². The Morgan fingerprint density at radius 3 is 2.43 bits per heavy atom. The molecule has 1 nitrogen and oxygen atoms in total. The van der Waals surface area contributed by atoms with Crippen LogP contribution < -0.4 is 0 Å². The lowest BCUT2D eigenvalue weighted by atomic mass is 10.7. The summed E-state index contributed by atoms with van der Waals surface area (Å²) in [6.45, 7) is -5.24. The Hall–Kier alpha value is 0.250. The average Bonchev–Trinajstić information content (AvgIpc) is 1.82. The van der Waals surface area contributed by atoms with Crippen LogP contribution in [-0.4, -0.2) is 37.9 Å². The van der Waals surface area contributed by atoms with Crippen molar-refractivity contribution in [1.82, 2.24) is 0 Å². The molecule has 0 aliphatic rings. The van der Waals surface area contributed by atoms with Gasteiger partial charge in [0.2, 0.25) is 0 Å². The Bertz CT molecular complexity index is 159. The normalized spacial score (nSPS) is 28.3. The van der Waals surface area contributed by atoms with Crippen molar-refractivity contribution in [2.75, 3.05) is 33.4 Å². The first-order valence-corrected chi connectivity index (χ1v) is 2.51. The van der Waals surface area contributed by atoms with Gasteiger partial charge in [0.05, 0.1) is 41.6 Å². The fourth-order valence-corrected chi connectivity index (χ4v) is 0.507. The van der Waals surface area contributed by atoms with E-state index in [0.29, 0.717) is 0 Å². The molecule has 0 rings (SSSR count). The predicted molar refractivity (Wildman–Crippen MR) is 33.6 cm³/mol. The van der Waals surface area contributed by atoms with Crippen molar-refractivity contribution in [3.05, 3.63) is 0 Å². The molecule has 0 radical (unpaired) electrons. The van der Waals surface area contributed by atoms with Gasteiger partial charge in [-0.3, -0.25) is 0 Å². The first-order valence-electron chi connectivity index (χ1n) is 4.98. The van der Waals surface area contributed by atoms with E-state index in [9.17, 15) is 0 Å². The summed E-state index contributed by atoms with van der Waals surface area (Å²) in [5.74, 6) is 0.00722. The van der Waals surface area contributed by atoms with Crippen molar-refractivity contribution in [3.63, 3.8) is 0 Å².